The lowest BCUT2D eigenvalue weighted by Gasteiger charge is -2.35. The first-order valence-electron chi connectivity index (χ1n) is 7.13. The number of nitrogens with zero attached hydrogens (tertiary/aromatic N) is 1. The number of hydrogen-bond acceptors (Lipinski definition) is 3. The van der Waals surface area contributed by atoms with Gasteiger partial charge in [-0.3, -0.25) is 0 Å². The number of nitrogens with one attached hydrogen (secondary N) is 1. The number of amides is 1. The highest BCUT2D eigenvalue weighted by Gasteiger charge is 2.38. The van der Waals surface area contributed by atoms with E-state index >= 15 is 0 Å². The van der Waals surface area contributed by atoms with Crippen LogP contribution in [0.25, 0.3) is 0 Å². The molecule has 0 spiro atoms. The van der Waals surface area contributed by atoms with Crippen molar-refractivity contribution in [1.29, 1.82) is 5.26 Å². The lowest BCUT2D eigenvalue weighted by Crippen LogP contribution is -2.50. The van der Waals surface area contributed by atoms with Crippen LogP contribution in [0.2, 0.25) is 0 Å². The third-order valence-electron chi connectivity index (χ3n) is 3.84. The molecule has 1 saturated carbocycles. The van der Waals surface area contributed by atoms with Crippen LogP contribution in [0.4, 0.5) is 4.79 Å². The topological polar surface area (TPSA) is 62.1 Å². The molecule has 1 aromatic rings. The van der Waals surface area contributed by atoms with Crippen LogP contribution in [0.1, 0.15) is 31.2 Å². The van der Waals surface area contributed by atoms with Crippen molar-refractivity contribution < 1.29 is 9.53 Å². The van der Waals surface area contributed by atoms with E-state index in [2.05, 4.69) is 11.4 Å². The van der Waals surface area contributed by atoms with Crippen LogP contribution in [0.15, 0.2) is 30.3 Å². The molecule has 2 unspecified atom stereocenters. The molecular formula is C16H19ClN2O2. The van der Waals surface area contributed by atoms with Crippen LogP contribution in [-0.4, -0.2) is 17.5 Å². The van der Waals surface area contributed by atoms with Gasteiger partial charge in [-0.2, -0.15) is 5.26 Å². The highest BCUT2D eigenvalue weighted by Crippen LogP contribution is 2.32. The summed E-state index contributed by atoms with van der Waals surface area (Å²) in [4.78, 5) is 11.9. The lowest BCUT2D eigenvalue weighted by atomic mass is 9.77. The second-order valence-electron chi connectivity index (χ2n) is 5.50. The highest BCUT2D eigenvalue weighted by molar-refractivity contribution is 6.18. The molecule has 1 N–H and O–H groups in total. The number of nitriles is 1. The fourth-order valence-electron chi connectivity index (χ4n) is 2.72. The molecule has 1 fully saturated rings. The maximum Gasteiger partial charge on any atom is 0.408 e. The average Bonchev–Trinajstić information content (AvgIpc) is 2.54. The summed E-state index contributed by atoms with van der Waals surface area (Å²) in [5.41, 5.74) is 0.0758. The summed E-state index contributed by atoms with van der Waals surface area (Å²) in [5, 5.41) is 12.2. The van der Waals surface area contributed by atoms with E-state index in [4.69, 9.17) is 16.3 Å². The quantitative estimate of drug-likeness (QED) is 0.864. The predicted molar refractivity (Wildman–Crippen MR) is 80.8 cm³/mol. The van der Waals surface area contributed by atoms with Crippen LogP contribution in [-0.2, 0) is 11.3 Å². The van der Waals surface area contributed by atoms with Crippen molar-refractivity contribution in [2.45, 2.75) is 37.8 Å². The molecule has 112 valence electrons. The summed E-state index contributed by atoms with van der Waals surface area (Å²) < 4.78 is 5.19. The van der Waals surface area contributed by atoms with Crippen LogP contribution in [0.3, 0.4) is 0 Å². The standard InChI is InChI=1S/C16H19ClN2O2/c17-10-14-7-4-8-16(9-14,12-18)19-15(20)21-11-13-5-2-1-3-6-13/h1-3,5-6,14H,4,7-11H2,(H,19,20). The normalized spacial score (nSPS) is 24.9. The fraction of sp³-hybridized carbons (Fsp3) is 0.500. The van der Waals surface area contributed by atoms with Gasteiger partial charge >= 0.3 is 6.09 Å². The van der Waals surface area contributed by atoms with E-state index < -0.39 is 11.6 Å². The third kappa shape index (κ3) is 4.37. The Bertz CT molecular complexity index is 515. The summed E-state index contributed by atoms with van der Waals surface area (Å²) in [5.74, 6) is 0.791. The molecule has 5 heteroatoms. The molecule has 0 bridgehead atoms. The van der Waals surface area contributed by atoms with E-state index in [9.17, 15) is 10.1 Å². The molecule has 21 heavy (non-hydrogen) atoms. The van der Waals surface area contributed by atoms with Gasteiger partial charge in [-0.15, -0.1) is 11.6 Å². The van der Waals surface area contributed by atoms with Gasteiger partial charge in [-0.05, 0) is 37.2 Å². The fourth-order valence-corrected chi connectivity index (χ4v) is 2.98. The Morgan fingerprint density at radius 1 is 1.48 bits per heavy atom. The molecule has 0 aliphatic heterocycles. The Labute approximate surface area is 130 Å². The molecule has 0 aromatic heterocycles. The first-order valence-corrected chi connectivity index (χ1v) is 7.67. The van der Waals surface area contributed by atoms with E-state index in [-0.39, 0.29) is 12.5 Å². The second kappa shape index (κ2) is 7.33. The number of halogens is 1. The Morgan fingerprint density at radius 2 is 2.24 bits per heavy atom. The SMILES string of the molecule is N#CC1(NC(=O)OCc2ccccc2)CCCC(CCl)C1. The van der Waals surface area contributed by atoms with Crippen LogP contribution in [0.5, 0.6) is 0 Å². The first kappa shape index (κ1) is 15.7. The Kier molecular flexibility index (Phi) is 5.46. The van der Waals surface area contributed by atoms with Crippen molar-refractivity contribution in [3.8, 4) is 6.07 Å². The number of rotatable bonds is 4. The van der Waals surface area contributed by atoms with Gasteiger partial charge in [-0.25, -0.2) is 4.79 Å². The number of alkyl carbamates (subject to hydrolysis) is 1. The predicted octanol–water partition coefficient (Wildman–Crippen LogP) is 3.60. The van der Waals surface area contributed by atoms with E-state index in [0.717, 1.165) is 18.4 Å². The monoisotopic (exact) mass is 306 g/mol. The number of carbonyl (C=O) groups excluding carboxylic acids is 1. The second-order valence-corrected chi connectivity index (χ2v) is 5.81. The zero-order valence-corrected chi connectivity index (χ0v) is 12.6. The molecule has 1 aromatic carbocycles. The van der Waals surface area contributed by atoms with Gasteiger partial charge in [-0.1, -0.05) is 30.3 Å². The molecule has 1 amide bonds. The van der Waals surface area contributed by atoms with Crippen molar-refractivity contribution in [1.82, 2.24) is 5.32 Å². The van der Waals surface area contributed by atoms with Gasteiger partial charge in [0.25, 0.3) is 0 Å². The molecular weight excluding hydrogens is 288 g/mol. The number of alkyl halides is 1. The molecule has 4 nitrogen and oxygen atoms in total. The average molecular weight is 307 g/mol. The van der Waals surface area contributed by atoms with Crippen molar-refractivity contribution in [2.75, 3.05) is 5.88 Å². The molecule has 2 rings (SSSR count). The first-order chi connectivity index (χ1) is 10.2. The van der Waals surface area contributed by atoms with Crippen LogP contribution >= 0.6 is 11.6 Å². The number of carbonyl (C=O) groups is 1. The van der Waals surface area contributed by atoms with Crippen molar-refractivity contribution in [3.05, 3.63) is 35.9 Å². The molecule has 0 radical (unpaired) electrons. The zero-order chi connectivity index (χ0) is 15.1. The van der Waals surface area contributed by atoms with Gasteiger partial charge in [0.2, 0.25) is 0 Å². The molecule has 2 atom stereocenters. The number of benzene rings is 1. The van der Waals surface area contributed by atoms with E-state index in [0.29, 0.717) is 18.7 Å². The Morgan fingerprint density at radius 3 is 2.90 bits per heavy atom. The summed E-state index contributed by atoms with van der Waals surface area (Å²) in [6, 6.07) is 11.7. The van der Waals surface area contributed by atoms with Gasteiger partial charge in [0.1, 0.15) is 12.1 Å². The maximum atomic E-state index is 11.9. The zero-order valence-electron chi connectivity index (χ0n) is 11.8. The van der Waals surface area contributed by atoms with E-state index in [1.54, 1.807) is 0 Å². The van der Waals surface area contributed by atoms with E-state index in [1.807, 2.05) is 30.3 Å². The minimum Gasteiger partial charge on any atom is -0.445 e. The van der Waals surface area contributed by atoms with Crippen molar-refractivity contribution in [3.63, 3.8) is 0 Å². The van der Waals surface area contributed by atoms with Gasteiger partial charge in [0.15, 0.2) is 0 Å². The van der Waals surface area contributed by atoms with E-state index in [1.165, 1.54) is 0 Å². The van der Waals surface area contributed by atoms with Crippen molar-refractivity contribution in [2.24, 2.45) is 5.92 Å². The number of ether oxygens (including phenoxy) is 1. The lowest BCUT2D eigenvalue weighted by molar-refractivity contribution is 0.123. The summed E-state index contributed by atoms with van der Waals surface area (Å²) in [6.45, 7) is 0.202. The Hall–Kier alpha value is -1.73. The minimum atomic E-state index is -0.842. The molecule has 0 heterocycles. The summed E-state index contributed by atoms with van der Waals surface area (Å²) in [7, 11) is 0. The summed E-state index contributed by atoms with van der Waals surface area (Å²) in [6.07, 6.45) is 2.60. The minimum absolute atomic E-state index is 0.202. The summed E-state index contributed by atoms with van der Waals surface area (Å²) >= 11 is 5.89. The van der Waals surface area contributed by atoms with Crippen LogP contribution in [0, 0.1) is 17.2 Å². The van der Waals surface area contributed by atoms with Crippen molar-refractivity contribution >= 4 is 17.7 Å². The van der Waals surface area contributed by atoms with Crippen LogP contribution < -0.4 is 5.32 Å². The smallest absolute Gasteiger partial charge is 0.408 e. The van der Waals surface area contributed by atoms with Gasteiger partial charge in [0, 0.05) is 5.88 Å². The van der Waals surface area contributed by atoms with Gasteiger partial charge in [0.05, 0.1) is 6.07 Å². The molecule has 1 aliphatic carbocycles. The third-order valence-corrected chi connectivity index (χ3v) is 4.28. The highest BCUT2D eigenvalue weighted by atomic mass is 35.5. The van der Waals surface area contributed by atoms with Gasteiger partial charge < -0.3 is 10.1 Å². The molecule has 1 aliphatic rings. The largest absolute Gasteiger partial charge is 0.445 e. The number of hydrogen-bond donors (Lipinski definition) is 1. The Balaban J connectivity index is 1.89. The maximum absolute atomic E-state index is 11.9. The molecule has 0 saturated heterocycles.